The average Bonchev–Trinajstić information content (AvgIpc) is 3.34. The van der Waals surface area contributed by atoms with Crippen LogP contribution < -0.4 is 16.4 Å². The van der Waals surface area contributed by atoms with E-state index in [1.165, 1.54) is 0 Å². The van der Waals surface area contributed by atoms with Gasteiger partial charge in [0, 0.05) is 23.0 Å². The van der Waals surface area contributed by atoms with Gasteiger partial charge < -0.3 is 21.4 Å². The molecule has 5 aromatic rings. The maximum atomic E-state index is 12.8. The van der Waals surface area contributed by atoms with Crippen molar-refractivity contribution >= 4 is 51.0 Å². The van der Waals surface area contributed by atoms with Crippen molar-refractivity contribution < 1.29 is 4.79 Å². The van der Waals surface area contributed by atoms with E-state index in [1.807, 2.05) is 24.3 Å². The van der Waals surface area contributed by atoms with Gasteiger partial charge in [0.25, 0.3) is 5.91 Å². The van der Waals surface area contributed by atoms with E-state index < -0.39 is 0 Å². The number of hydrogen-bond acceptors (Lipinski definition) is 7. The number of nitrogen functional groups attached to an aromatic ring is 1. The molecule has 0 saturated heterocycles. The molecule has 0 fully saturated rings. The molecule has 0 spiro atoms. The molecule has 1 amide bonds. The number of hydrogen-bond donors (Lipinski definition) is 5. The minimum absolute atomic E-state index is 0.174. The summed E-state index contributed by atoms with van der Waals surface area (Å²) in [4.78, 5) is 28.0. The molecule has 0 radical (unpaired) electrons. The first kappa shape index (κ1) is 16.7. The van der Waals surface area contributed by atoms with Crippen molar-refractivity contribution in [2.45, 2.75) is 0 Å². The van der Waals surface area contributed by atoms with E-state index in [0.29, 0.717) is 16.9 Å². The largest absolute Gasteiger partial charge is 0.368 e. The van der Waals surface area contributed by atoms with Crippen LogP contribution >= 0.6 is 0 Å². The normalized spacial score (nSPS) is 11.0. The molecule has 0 atom stereocenters. The van der Waals surface area contributed by atoms with Gasteiger partial charge in [0.05, 0.1) is 22.9 Å². The summed E-state index contributed by atoms with van der Waals surface area (Å²) in [5.41, 5.74) is 9.68. The topological polar surface area (TPSA) is 150 Å². The number of carbonyl (C=O) groups excluding carboxylic acids is 1. The second-order valence-corrected chi connectivity index (χ2v) is 6.35. The predicted molar refractivity (Wildman–Crippen MR) is 110 cm³/mol. The number of rotatable bonds is 4. The summed E-state index contributed by atoms with van der Waals surface area (Å²) in [5.74, 6) is 0.404. The third-order valence-corrected chi connectivity index (χ3v) is 4.40. The van der Waals surface area contributed by atoms with E-state index in [2.05, 4.69) is 40.8 Å². The molecule has 0 aliphatic rings. The summed E-state index contributed by atoms with van der Waals surface area (Å²) < 4.78 is 0. The third-order valence-electron chi connectivity index (χ3n) is 4.40. The van der Waals surface area contributed by atoms with Crippen LogP contribution in [0.3, 0.4) is 0 Å². The monoisotopic (exact) mass is 385 g/mol. The molecule has 142 valence electrons. The molecule has 5 rings (SSSR count). The highest BCUT2D eigenvalue weighted by molar-refractivity contribution is 6.12. The Morgan fingerprint density at radius 1 is 1.00 bits per heavy atom. The molecule has 10 nitrogen and oxygen atoms in total. The molecule has 0 saturated carbocycles. The van der Waals surface area contributed by atoms with Crippen LogP contribution in [0.2, 0.25) is 0 Å². The van der Waals surface area contributed by atoms with Crippen LogP contribution in [0.1, 0.15) is 10.5 Å². The number of amides is 1. The molecule has 29 heavy (non-hydrogen) atoms. The Balaban J connectivity index is 1.43. The number of anilines is 4. The SMILES string of the molecule is Nc1nccc(Nc2ccc3[nH]nc(C(=O)Nc4ccc5[nH]cnc5c4)c3c2)n1. The van der Waals surface area contributed by atoms with Gasteiger partial charge in [-0.1, -0.05) is 0 Å². The molecule has 0 bridgehead atoms. The van der Waals surface area contributed by atoms with E-state index in [9.17, 15) is 4.79 Å². The highest BCUT2D eigenvalue weighted by Gasteiger charge is 2.15. The number of aromatic amines is 2. The molecule has 3 aromatic heterocycles. The van der Waals surface area contributed by atoms with Gasteiger partial charge in [-0.3, -0.25) is 9.89 Å². The number of nitrogens with one attached hydrogen (secondary N) is 4. The summed E-state index contributed by atoms with van der Waals surface area (Å²) >= 11 is 0. The summed E-state index contributed by atoms with van der Waals surface area (Å²) in [6.07, 6.45) is 3.17. The van der Waals surface area contributed by atoms with Crippen molar-refractivity contribution in [3.8, 4) is 0 Å². The zero-order valence-electron chi connectivity index (χ0n) is 15.0. The van der Waals surface area contributed by atoms with Gasteiger partial charge in [-0.25, -0.2) is 9.97 Å². The van der Waals surface area contributed by atoms with Gasteiger partial charge in [0.15, 0.2) is 5.69 Å². The lowest BCUT2D eigenvalue weighted by atomic mass is 10.1. The summed E-state index contributed by atoms with van der Waals surface area (Å²) in [6, 6.07) is 12.7. The number of aromatic nitrogens is 6. The lowest BCUT2D eigenvalue weighted by Crippen LogP contribution is -2.12. The minimum Gasteiger partial charge on any atom is -0.368 e. The van der Waals surface area contributed by atoms with Crippen LogP contribution in [-0.4, -0.2) is 36.0 Å². The number of H-pyrrole nitrogens is 2. The molecule has 0 aliphatic carbocycles. The van der Waals surface area contributed by atoms with E-state index in [1.54, 1.807) is 30.7 Å². The van der Waals surface area contributed by atoms with E-state index >= 15 is 0 Å². The van der Waals surface area contributed by atoms with Crippen LogP contribution in [-0.2, 0) is 0 Å². The second-order valence-electron chi connectivity index (χ2n) is 6.35. The van der Waals surface area contributed by atoms with Crippen LogP contribution in [0, 0.1) is 0 Å². The first-order valence-electron chi connectivity index (χ1n) is 8.74. The van der Waals surface area contributed by atoms with Crippen molar-refractivity contribution in [3.63, 3.8) is 0 Å². The Bertz CT molecular complexity index is 1350. The number of carbonyl (C=O) groups is 1. The summed E-state index contributed by atoms with van der Waals surface area (Å²) in [5, 5.41) is 13.7. The van der Waals surface area contributed by atoms with E-state index in [0.717, 1.165) is 22.2 Å². The van der Waals surface area contributed by atoms with E-state index in [4.69, 9.17) is 5.73 Å². The number of benzene rings is 2. The van der Waals surface area contributed by atoms with Crippen molar-refractivity contribution in [2.24, 2.45) is 0 Å². The first-order chi connectivity index (χ1) is 14.2. The molecule has 3 heterocycles. The Morgan fingerprint density at radius 2 is 1.86 bits per heavy atom. The highest BCUT2D eigenvalue weighted by Crippen LogP contribution is 2.24. The van der Waals surface area contributed by atoms with Crippen molar-refractivity contribution in [1.82, 2.24) is 30.1 Å². The highest BCUT2D eigenvalue weighted by atomic mass is 16.1. The quantitative estimate of drug-likeness (QED) is 0.319. The van der Waals surface area contributed by atoms with Gasteiger partial charge in [0.1, 0.15) is 5.82 Å². The van der Waals surface area contributed by atoms with Crippen molar-refractivity contribution in [2.75, 3.05) is 16.4 Å². The summed E-state index contributed by atoms with van der Waals surface area (Å²) in [6.45, 7) is 0. The van der Waals surface area contributed by atoms with Crippen LogP contribution in [0.5, 0.6) is 0 Å². The Hall–Kier alpha value is -4.47. The Morgan fingerprint density at radius 3 is 2.76 bits per heavy atom. The average molecular weight is 385 g/mol. The Kier molecular flexibility index (Phi) is 3.80. The third kappa shape index (κ3) is 3.18. The van der Waals surface area contributed by atoms with Crippen molar-refractivity contribution in [3.05, 3.63) is 60.7 Å². The fourth-order valence-electron chi connectivity index (χ4n) is 3.06. The van der Waals surface area contributed by atoms with Gasteiger partial charge in [-0.2, -0.15) is 10.1 Å². The fraction of sp³-hybridized carbons (Fsp3) is 0. The number of fused-ring (bicyclic) bond motifs is 2. The van der Waals surface area contributed by atoms with Crippen LogP contribution in [0.25, 0.3) is 21.9 Å². The fourth-order valence-corrected chi connectivity index (χ4v) is 3.06. The molecule has 10 heteroatoms. The van der Waals surface area contributed by atoms with Gasteiger partial charge in [-0.05, 0) is 42.5 Å². The first-order valence-corrected chi connectivity index (χ1v) is 8.74. The van der Waals surface area contributed by atoms with E-state index in [-0.39, 0.29) is 17.5 Å². The lowest BCUT2D eigenvalue weighted by Gasteiger charge is -2.06. The Labute approximate surface area is 163 Å². The minimum atomic E-state index is -0.324. The van der Waals surface area contributed by atoms with Gasteiger partial charge in [-0.15, -0.1) is 0 Å². The van der Waals surface area contributed by atoms with Gasteiger partial charge >= 0.3 is 0 Å². The second kappa shape index (κ2) is 6.60. The zero-order chi connectivity index (χ0) is 19.8. The zero-order valence-corrected chi connectivity index (χ0v) is 15.0. The number of nitrogens with two attached hydrogens (primary N) is 1. The smallest absolute Gasteiger partial charge is 0.276 e. The molecule has 0 aliphatic heterocycles. The number of nitrogens with zero attached hydrogens (tertiary/aromatic N) is 4. The van der Waals surface area contributed by atoms with Crippen LogP contribution in [0.4, 0.5) is 23.1 Å². The maximum absolute atomic E-state index is 12.8. The number of imidazole rings is 1. The summed E-state index contributed by atoms with van der Waals surface area (Å²) in [7, 11) is 0. The standard InChI is InChI=1S/C19H15N9O/c20-19-21-6-5-16(26-19)24-10-1-3-13-12(7-10)17(28-27-13)18(29)25-11-2-4-14-15(8-11)23-9-22-14/h1-9H,(H,22,23)(H,25,29)(H,27,28)(H3,20,21,24,26). The van der Waals surface area contributed by atoms with Crippen LogP contribution in [0.15, 0.2) is 55.0 Å². The van der Waals surface area contributed by atoms with Gasteiger partial charge in [0.2, 0.25) is 5.95 Å². The lowest BCUT2D eigenvalue weighted by molar-refractivity contribution is 0.102. The predicted octanol–water partition coefficient (Wildman–Crippen LogP) is 2.81. The van der Waals surface area contributed by atoms with Crippen molar-refractivity contribution in [1.29, 1.82) is 0 Å². The molecule has 2 aromatic carbocycles. The molecular formula is C19H15N9O. The molecular weight excluding hydrogens is 370 g/mol. The maximum Gasteiger partial charge on any atom is 0.276 e. The molecule has 6 N–H and O–H groups in total. The molecule has 0 unspecified atom stereocenters.